The number of hydrogen-bond donors (Lipinski definition) is 1. The van der Waals surface area contributed by atoms with Crippen LogP contribution in [0.15, 0.2) is 29.5 Å². The van der Waals surface area contributed by atoms with Crippen molar-refractivity contribution in [1.29, 1.82) is 0 Å². The maximum Gasteiger partial charge on any atom is 0.239 e. The SMILES string of the molecule is CN1CCNC(=O)C1(C)C.Cc1cc(C2=Nn3cc(C=O)nc3C(C(C)C)C2)ccc1F. The van der Waals surface area contributed by atoms with Crippen molar-refractivity contribution in [2.45, 2.75) is 52.5 Å². The van der Waals surface area contributed by atoms with E-state index in [-0.39, 0.29) is 23.2 Å². The lowest BCUT2D eigenvalue weighted by atomic mass is 9.87. The van der Waals surface area contributed by atoms with Crippen LogP contribution in [0, 0.1) is 18.7 Å². The van der Waals surface area contributed by atoms with Gasteiger partial charge in [0.25, 0.3) is 0 Å². The number of imidazole rings is 1. The molecular weight excluding hydrogens is 409 g/mol. The van der Waals surface area contributed by atoms with Crippen molar-refractivity contribution in [2.24, 2.45) is 11.0 Å². The summed E-state index contributed by atoms with van der Waals surface area (Å²) < 4.78 is 15.2. The summed E-state index contributed by atoms with van der Waals surface area (Å²) in [5.74, 6) is 1.28. The van der Waals surface area contributed by atoms with Crippen molar-refractivity contribution in [3.8, 4) is 0 Å². The lowest BCUT2D eigenvalue weighted by Gasteiger charge is -2.38. The van der Waals surface area contributed by atoms with Crippen LogP contribution in [0.2, 0.25) is 0 Å². The van der Waals surface area contributed by atoms with E-state index in [0.717, 1.165) is 42.9 Å². The molecule has 7 nitrogen and oxygen atoms in total. The minimum atomic E-state index is -0.321. The second-order valence-corrected chi connectivity index (χ2v) is 9.29. The third-order valence-corrected chi connectivity index (χ3v) is 6.37. The maximum atomic E-state index is 13.5. The molecule has 2 aliphatic heterocycles. The number of likely N-dealkylation sites (N-methyl/N-ethyl adjacent to an activating group) is 1. The summed E-state index contributed by atoms with van der Waals surface area (Å²) >= 11 is 0. The number of carbonyl (C=O) groups excluding carboxylic acids is 2. The fraction of sp³-hybridized carbons (Fsp3) is 0.500. The van der Waals surface area contributed by atoms with Crippen LogP contribution >= 0.6 is 0 Å². The summed E-state index contributed by atoms with van der Waals surface area (Å²) in [7, 11) is 1.97. The highest BCUT2D eigenvalue weighted by atomic mass is 19.1. The molecule has 2 aromatic rings. The highest BCUT2D eigenvalue weighted by Gasteiger charge is 2.34. The van der Waals surface area contributed by atoms with Gasteiger partial charge in [0, 0.05) is 25.4 Å². The number of aromatic nitrogens is 2. The largest absolute Gasteiger partial charge is 0.353 e. The summed E-state index contributed by atoms with van der Waals surface area (Å²) in [6.45, 7) is 11.6. The molecular formula is C24H32FN5O2. The number of benzene rings is 1. The highest BCUT2D eigenvalue weighted by molar-refractivity contribution is 6.01. The molecule has 1 saturated heterocycles. The number of halogens is 1. The van der Waals surface area contributed by atoms with Crippen LogP contribution in [0.4, 0.5) is 4.39 Å². The van der Waals surface area contributed by atoms with Crippen LogP contribution in [0.5, 0.6) is 0 Å². The van der Waals surface area contributed by atoms with Crippen molar-refractivity contribution >= 4 is 17.9 Å². The number of carbonyl (C=O) groups is 2. The van der Waals surface area contributed by atoms with Crippen molar-refractivity contribution in [3.63, 3.8) is 0 Å². The monoisotopic (exact) mass is 441 g/mol. The van der Waals surface area contributed by atoms with Crippen molar-refractivity contribution in [3.05, 3.63) is 52.9 Å². The highest BCUT2D eigenvalue weighted by Crippen LogP contribution is 2.32. The molecule has 32 heavy (non-hydrogen) atoms. The quantitative estimate of drug-likeness (QED) is 0.741. The molecule has 1 aromatic heterocycles. The Hall–Kier alpha value is -2.87. The number of fused-ring (bicyclic) bond motifs is 1. The van der Waals surface area contributed by atoms with Gasteiger partial charge in [0.05, 0.1) is 17.4 Å². The standard InChI is InChI=1S/C17H18FN3O.C7H14N2O/c1-10(2)14-7-16(12-4-5-15(18)11(3)6-12)20-21-8-13(9-22)19-17(14)21;1-7(2)6(10)8-4-5-9(7)3/h4-6,8-10,14H,7H2,1-3H3;4-5H2,1-3H3,(H,8,10). The molecule has 2 aliphatic rings. The number of rotatable bonds is 3. The Kier molecular flexibility index (Phi) is 6.93. The number of aryl methyl sites for hydroxylation is 1. The number of piperazine rings is 1. The van der Waals surface area contributed by atoms with Gasteiger partial charge >= 0.3 is 0 Å². The molecule has 1 amide bonds. The molecule has 1 unspecified atom stereocenters. The van der Waals surface area contributed by atoms with Gasteiger partial charge in [-0.05, 0) is 57.0 Å². The van der Waals surface area contributed by atoms with Crippen LogP contribution in [-0.4, -0.2) is 58.1 Å². The molecule has 1 atom stereocenters. The molecule has 0 spiro atoms. The number of nitrogens with zero attached hydrogens (tertiary/aromatic N) is 4. The van der Waals surface area contributed by atoms with Gasteiger partial charge in [-0.3, -0.25) is 14.5 Å². The molecule has 1 fully saturated rings. The van der Waals surface area contributed by atoms with E-state index in [2.05, 4.69) is 34.1 Å². The minimum absolute atomic E-state index is 0.126. The van der Waals surface area contributed by atoms with Gasteiger partial charge in [-0.1, -0.05) is 19.9 Å². The van der Waals surface area contributed by atoms with E-state index in [4.69, 9.17) is 0 Å². The zero-order valence-electron chi connectivity index (χ0n) is 19.6. The first-order valence-electron chi connectivity index (χ1n) is 10.9. The molecule has 3 heterocycles. The van der Waals surface area contributed by atoms with Gasteiger partial charge in [-0.2, -0.15) is 5.10 Å². The zero-order valence-corrected chi connectivity index (χ0v) is 19.6. The normalized spacial score (nSPS) is 20.1. The number of amides is 1. The van der Waals surface area contributed by atoms with E-state index in [1.165, 1.54) is 6.07 Å². The van der Waals surface area contributed by atoms with Gasteiger partial charge in [-0.25, -0.2) is 14.1 Å². The third-order valence-electron chi connectivity index (χ3n) is 6.37. The van der Waals surface area contributed by atoms with Crippen molar-refractivity contribution in [1.82, 2.24) is 19.9 Å². The topological polar surface area (TPSA) is 79.6 Å². The Morgan fingerprint density at radius 2 is 2.03 bits per heavy atom. The first-order valence-corrected chi connectivity index (χ1v) is 10.9. The lowest BCUT2D eigenvalue weighted by molar-refractivity contribution is -0.133. The first kappa shape index (κ1) is 23.8. The van der Waals surface area contributed by atoms with Crippen molar-refractivity contribution in [2.75, 3.05) is 20.1 Å². The Balaban J connectivity index is 0.000000243. The van der Waals surface area contributed by atoms with Crippen LogP contribution in [0.3, 0.4) is 0 Å². The Labute approximate surface area is 188 Å². The van der Waals surface area contributed by atoms with Crippen molar-refractivity contribution < 1.29 is 14.0 Å². The second kappa shape index (κ2) is 9.32. The van der Waals surface area contributed by atoms with Crippen LogP contribution in [-0.2, 0) is 4.79 Å². The van der Waals surface area contributed by atoms with Gasteiger partial charge < -0.3 is 5.32 Å². The molecule has 1 aromatic carbocycles. The second-order valence-electron chi connectivity index (χ2n) is 9.29. The van der Waals surface area contributed by atoms with Gasteiger partial charge in [-0.15, -0.1) is 0 Å². The van der Waals surface area contributed by atoms with E-state index in [9.17, 15) is 14.0 Å². The minimum Gasteiger partial charge on any atom is -0.353 e. The van der Waals surface area contributed by atoms with E-state index < -0.39 is 0 Å². The van der Waals surface area contributed by atoms with Gasteiger partial charge in [0.1, 0.15) is 17.3 Å². The molecule has 4 rings (SSSR count). The van der Waals surface area contributed by atoms with Crippen LogP contribution < -0.4 is 5.32 Å². The Morgan fingerprint density at radius 3 is 2.59 bits per heavy atom. The lowest BCUT2D eigenvalue weighted by Crippen LogP contribution is -2.60. The van der Waals surface area contributed by atoms with Crippen LogP contribution in [0.25, 0.3) is 0 Å². The predicted molar refractivity (Wildman–Crippen MR) is 123 cm³/mol. The summed E-state index contributed by atoms with van der Waals surface area (Å²) in [5, 5.41) is 7.40. The average Bonchev–Trinajstić information content (AvgIpc) is 3.17. The zero-order chi connectivity index (χ0) is 23.6. The Bertz CT molecular complexity index is 1040. The third kappa shape index (κ3) is 4.80. The van der Waals surface area contributed by atoms with E-state index in [1.807, 2.05) is 27.0 Å². The fourth-order valence-corrected chi connectivity index (χ4v) is 3.80. The van der Waals surface area contributed by atoms with E-state index >= 15 is 0 Å². The molecule has 0 aliphatic carbocycles. The first-order chi connectivity index (χ1) is 15.0. The van der Waals surface area contributed by atoms with E-state index in [0.29, 0.717) is 17.2 Å². The average molecular weight is 442 g/mol. The summed E-state index contributed by atoms with van der Waals surface area (Å²) in [5.41, 5.74) is 2.48. The maximum absolute atomic E-state index is 13.5. The molecule has 172 valence electrons. The summed E-state index contributed by atoms with van der Waals surface area (Å²) in [4.78, 5) is 28.6. The summed E-state index contributed by atoms with van der Waals surface area (Å²) in [6.07, 6.45) is 3.12. The molecule has 1 N–H and O–H groups in total. The smallest absolute Gasteiger partial charge is 0.239 e. The van der Waals surface area contributed by atoms with Gasteiger partial charge in [0.15, 0.2) is 6.29 Å². The predicted octanol–water partition coefficient (Wildman–Crippen LogP) is 3.37. The van der Waals surface area contributed by atoms with Crippen LogP contribution in [0.1, 0.15) is 67.5 Å². The number of nitrogens with one attached hydrogen (secondary N) is 1. The number of aldehydes is 1. The molecule has 0 radical (unpaired) electrons. The van der Waals surface area contributed by atoms with E-state index in [1.54, 1.807) is 23.9 Å². The fourth-order valence-electron chi connectivity index (χ4n) is 3.80. The Morgan fingerprint density at radius 1 is 1.31 bits per heavy atom. The molecule has 8 heteroatoms. The van der Waals surface area contributed by atoms with Gasteiger partial charge in [0.2, 0.25) is 5.91 Å². The molecule has 0 bridgehead atoms. The summed E-state index contributed by atoms with van der Waals surface area (Å²) in [6, 6.07) is 5.03. The number of hydrogen-bond acceptors (Lipinski definition) is 5. The molecule has 0 saturated carbocycles.